The zero-order valence-electron chi connectivity index (χ0n) is 11.5. The first-order valence-electron chi connectivity index (χ1n) is 6.26. The van der Waals surface area contributed by atoms with Crippen molar-refractivity contribution in [2.75, 3.05) is 18.8 Å². The van der Waals surface area contributed by atoms with E-state index in [-0.39, 0.29) is 11.1 Å². The number of hydrogen-bond acceptors (Lipinski definition) is 5. The summed E-state index contributed by atoms with van der Waals surface area (Å²) >= 11 is 1.34. The Hall–Kier alpha value is -1.97. The molecule has 2 unspecified atom stereocenters. The third-order valence-corrected chi connectivity index (χ3v) is 4.37. The van der Waals surface area contributed by atoms with Crippen molar-refractivity contribution in [2.45, 2.75) is 24.8 Å². The van der Waals surface area contributed by atoms with Crippen molar-refractivity contribution in [1.82, 2.24) is 9.80 Å². The topological polar surface area (TPSA) is 147 Å². The molecule has 0 bridgehead atoms. The number of carboxylic acid groups (broad SMARTS) is 1. The van der Waals surface area contributed by atoms with Crippen molar-refractivity contribution in [3.05, 3.63) is 0 Å². The van der Waals surface area contributed by atoms with Gasteiger partial charge >= 0.3 is 12.0 Å². The highest BCUT2D eigenvalue weighted by Gasteiger charge is 2.42. The van der Waals surface area contributed by atoms with Crippen LogP contribution in [-0.2, 0) is 14.4 Å². The molecule has 1 aliphatic heterocycles. The molecule has 1 fully saturated rings. The molecule has 2 atom stereocenters. The smallest absolute Gasteiger partial charge is 0.327 e. The second-order valence-corrected chi connectivity index (χ2v) is 5.74. The van der Waals surface area contributed by atoms with Gasteiger partial charge in [0.15, 0.2) is 0 Å². The van der Waals surface area contributed by atoms with Crippen LogP contribution in [0.4, 0.5) is 4.79 Å². The number of primary amides is 2. The van der Waals surface area contributed by atoms with Crippen molar-refractivity contribution in [3.8, 4) is 0 Å². The molecular formula is C11H18N4O5S. The third kappa shape index (κ3) is 4.25. The summed E-state index contributed by atoms with van der Waals surface area (Å²) in [4.78, 5) is 47.8. The Kier molecular flexibility index (Phi) is 5.82. The van der Waals surface area contributed by atoms with E-state index in [1.54, 1.807) is 0 Å². The number of nitrogens with two attached hydrogens (primary N) is 2. The molecule has 0 saturated carbocycles. The first kappa shape index (κ1) is 17.1. The number of rotatable bonds is 6. The fourth-order valence-corrected chi connectivity index (χ4v) is 3.40. The molecule has 1 rings (SSSR count). The molecule has 0 aliphatic carbocycles. The molecule has 9 nitrogen and oxygen atoms in total. The first-order chi connectivity index (χ1) is 9.77. The minimum Gasteiger partial charge on any atom is -0.480 e. The maximum atomic E-state index is 12.5. The van der Waals surface area contributed by atoms with Crippen LogP contribution in [0.15, 0.2) is 0 Å². The van der Waals surface area contributed by atoms with Gasteiger partial charge < -0.3 is 21.5 Å². The van der Waals surface area contributed by atoms with Gasteiger partial charge in [0.05, 0.1) is 5.37 Å². The van der Waals surface area contributed by atoms with Gasteiger partial charge in [0.25, 0.3) is 0 Å². The normalized spacial score (nSPS) is 21.1. The van der Waals surface area contributed by atoms with Gasteiger partial charge in [-0.3, -0.25) is 14.5 Å². The lowest BCUT2D eigenvalue weighted by molar-refractivity contribution is -0.141. The van der Waals surface area contributed by atoms with Crippen molar-refractivity contribution in [2.24, 2.45) is 11.5 Å². The Labute approximate surface area is 125 Å². The van der Waals surface area contributed by atoms with Gasteiger partial charge in [-0.1, -0.05) is 6.92 Å². The van der Waals surface area contributed by atoms with Gasteiger partial charge in [-0.25, -0.2) is 9.59 Å². The van der Waals surface area contributed by atoms with Crippen molar-refractivity contribution >= 4 is 35.6 Å². The Morgan fingerprint density at radius 2 is 1.76 bits per heavy atom. The monoisotopic (exact) mass is 318 g/mol. The molecule has 10 heteroatoms. The second-order valence-electron chi connectivity index (χ2n) is 4.53. The average Bonchev–Trinajstić information content (AvgIpc) is 2.79. The maximum absolute atomic E-state index is 12.5. The van der Waals surface area contributed by atoms with Gasteiger partial charge in [0.1, 0.15) is 19.1 Å². The van der Waals surface area contributed by atoms with Crippen molar-refractivity contribution < 1.29 is 24.3 Å². The summed E-state index contributed by atoms with van der Waals surface area (Å²) in [5.41, 5.74) is 10.1. The van der Waals surface area contributed by atoms with Crippen molar-refractivity contribution in [3.63, 3.8) is 0 Å². The summed E-state index contributed by atoms with van der Waals surface area (Å²) in [5.74, 6) is -2.50. The van der Waals surface area contributed by atoms with Crippen molar-refractivity contribution in [1.29, 1.82) is 0 Å². The highest BCUT2D eigenvalue weighted by molar-refractivity contribution is 8.00. The largest absolute Gasteiger partial charge is 0.480 e. The standard InChI is InChI=1S/C11H18N4O5S/c1-2-9-15(6(5-21-9)10(18)19)11(20)14(3-7(12)16)4-8(13)17/h6,9H,2-5H2,1H3,(H2,12,16)(H2,13,17)(H,18,19). The van der Waals surface area contributed by atoms with E-state index in [4.69, 9.17) is 11.5 Å². The van der Waals surface area contributed by atoms with Gasteiger partial charge in [0.2, 0.25) is 11.8 Å². The first-order valence-corrected chi connectivity index (χ1v) is 7.31. The van der Waals surface area contributed by atoms with Gasteiger partial charge in [0, 0.05) is 5.75 Å². The fraction of sp³-hybridized carbons (Fsp3) is 0.636. The van der Waals surface area contributed by atoms with Crippen LogP contribution >= 0.6 is 11.8 Å². The molecule has 1 saturated heterocycles. The Balaban J connectivity index is 2.99. The number of thioether (sulfide) groups is 1. The second kappa shape index (κ2) is 7.16. The van der Waals surface area contributed by atoms with E-state index in [9.17, 15) is 24.3 Å². The quantitative estimate of drug-likeness (QED) is 0.549. The molecule has 4 amide bonds. The molecule has 5 N–H and O–H groups in total. The summed E-state index contributed by atoms with van der Waals surface area (Å²) in [6.07, 6.45) is 0.543. The van der Waals surface area contributed by atoms with Gasteiger partial charge in [-0.2, -0.15) is 0 Å². The van der Waals surface area contributed by atoms with Crippen LogP contribution in [0, 0.1) is 0 Å². The molecule has 1 aliphatic rings. The lowest BCUT2D eigenvalue weighted by Gasteiger charge is -2.32. The molecule has 0 radical (unpaired) electrons. The van der Waals surface area contributed by atoms with Crippen LogP contribution in [0.3, 0.4) is 0 Å². The number of amides is 4. The van der Waals surface area contributed by atoms with E-state index >= 15 is 0 Å². The Morgan fingerprint density at radius 3 is 2.14 bits per heavy atom. The van der Waals surface area contributed by atoms with Crippen LogP contribution in [0.2, 0.25) is 0 Å². The van der Waals surface area contributed by atoms with E-state index < -0.39 is 42.9 Å². The molecule has 21 heavy (non-hydrogen) atoms. The van der Waals surface area contributed by atoms with E-state index in [1.165, 1.54) is 16.7 Å². The lowest BCUT2D eigenvalue weighted by Crippen LogP contribution is -2.54. The molecule has 0 aromatic heterocycles. The summed E-state index contributed by atoms with van der Waals surface area (Å²) in [5, 5.41) is 8.85. The zero-order chi connectivity index (χ0) is 16.2. The number of aliphatic carboxylic acids is 1. The highest BCUT2D eigenvalue weighted by atomic mass is 32.2. The Bertz CT molecular complexity index is 442. The average molecular weight is 318 g/mol. The SMILES string of the molecule is CCC1SCC(C(=O)O)N1C(=O)N(CC(N)=O)CC(N)=O. The number of carbonyl (C=O) groups excluding carboxylic acids is 3. The van der Waals surface area contributed by atoms with Crippen LogP contribution in [-0.4, -0.2) is 69.0 Å². The van der Waals surface area contributed by atoms with Gasteiger partial charge in [-0.05, 0) is 6.42 Å². The number of carbonyl (C=O) groups is 4. The molecular weight excluding hydrogens is 300 g/mol. The van der Waals surface area contributed by atoms with E-state index in [1.807, 2.05) is 6.92 Å². The summed E-state index contributed by atoms with van der Waals surface area (Å²) in [6, 6.07) is -1.73. The molecule has 0 spiro atoms. The Morgan fingerprint density at radius 1 is 1.24 bits per heavy atom. The third-order valence-electron chi connectivity index (χ3n) is 2.91. The summed E-state index contributed by atoms with van der Waals surface area (Å²) < 4.78 is 0. The van der Waals surface area contributed by atoms with E-state index in [0.29, 0.717) is 6.42 Å². The number of carboxylic acids is 1. The fourth-order valence-electron chi connectivity index (χ4n) is 2.06. The summed E-state index contributed by atoms with van der Waals surface area (Å²) in [7, 11) is 0. The zero-order valence-corrected chi connectivity index (χ0v) is 12.3. The maximum Gasteiger partial charge on any atom is 0.327 e. The predicted octanol–water partition coefficient (Wildman–Crippen LogP) is -1.38. The number of urea groups is 1. The molecule has 0 aromatic rings. The van der Waals surface area contributed by atoms with E-state index in [0.717, 1.165) is 4.90 Å². The van der Waals surface area contributed by atoms with E-state index in [2.05, 4.69) is 0 Å². The van der Waals surface area contributed by atoms with Crippen LogP contribution in [0.5, 0.6) is 0 Å². The highest BCUT2D eigenvalue weighted by Crippen LogP contribution is 2.32. The minimum absolute atomic E-state index is 0.251. The minimum atomic E-state index is -1.13. The predicted molar refractivity (Wildman–Crippen MR) is 75.2 cm³/mol. The summed E-state index contributed by atoms with van der Waals surface area (Å²) in [6.45, 7) is 0.826. The van der Waals surface area contributed by atoms with Crippen LogP contribution < -0.4 is 11.5 Å². The van der Waals surface area contributed by atoms with Crippen LogP contribution in [0.1, 0.15) is 13.3 Å². The van der Waals surface area contributed by atoms with Crippen LogP contribution in [0.25, 0.3) is 0 Å². The molecule has 118 valence electrons. The molecule has 1 heterocycles. The lowest BCUT2D eigenvalue weighted by atomic mass is 10.2. The number of nitrogens with zero attached hydrogens (tertiary/aromatic N) is 2. The van der Waals surface area contributed by atoms with Gasteiger partial charge in [-0.15, -0.1) is 11.8 Å². The number of hydrogen-bond donors (Lipinski definition) is 3. The molecule has 0 aromatic carbocycles.